The number of likely N-dealkylation sites (N-methyl/N-ethyl adjacent to an activating group) is 1. The maximum atomic E-state index is 12.6. The van der Waals surface area contributed by atoms with Gasteiger partial charge in [-0.1, -0.05) is 154 Å². The molecular weight excluding hydrogens is 665 g/mol. The first-order valence-electron chi connectivity index (χ1n) is 21.0. The maximum Gasteiger partial charge on any atom is 0.472 e. The fourth-order valence-electron chi connectivity index (χ4n) is 5.80. The third kappa shape index (κ3) is 38.3. The summed E-state index contributed by atoms with van der Waals surface area (Å²) in [5, 5.41) is 0. The highest BCUT2D eigenvalue weighted by atomic mass is 31.2. The number of hydrogen-bond acceptors (Lipinski definition) is 8. The molecule has 0 aromatic heterocycles. The monoisotopic (exact) mass is 746 g/mol. The maximum absolute atomic E-state index is 12.6. The van der Waals surface area contributed by atoms with Crippen molar-refractivity contribution in [1.29, 1.82) is 0 Å². The zero-order valence-electron chi connectivity index (χ0n) is 33.6. The molecule has 2 unspecified atom stereocenters. The molecule has 0 spiro atoms. The van der Waals surface area contributed by atoms with Crippen molar-refractivity contribution in [3.8, 4) is 0 Å². The van der Waals surface area contributed by atoms with Gasteiger partial charge in [-0.05, 0) is 52.6 Å². The van der Waals surface area contributed by atoms with Crippen LogP contribution in [-0.4, -0.2) is 68.3 Å². The van der Waals surface area contributed by atoms with Crippen molar-refractivity contribution in [2.45, 2.75) is 200 Å². The van der Waals surface area contributed by atoms with Crippen LogP contribution in [0.1, 0.15) is 194 Å². The van der Waals surface area contributed by atoms with E-state index >= 15 is 0 Å². The fourth-order valence-corrected chi connectivity index (χ4v) is 6.54. The predicted molar refractivity (Wildman–Crippen MR) is 211 cm³/mol. The number of esters is 2. The molecule has 10 heteroatoms. The van der Waals surface area contributed by atoms with Crippen LogP contribution in [0, 0.1) is 0 Å². The predicted octanol–water partition coefficient (Wildman–Crippen LogP) is 11.7. The zero-order valence-corrected chi connectivity index (χ0v) is 34.5. The average Bonchev–Trinajstić information content (AvgIpc) is 3.09. The third-order valence-electron chi connectivity index (χ3n) is 9.07. The minimum absolute atomic E-state index is 0.00874. The molecule has 0 aromatic carbocycles. The molecule has 1 N–H and O–H groups in total. The van der Waals surface area contributed by atoms with Gasteiger partial charge in [0.05, 0.1) is 13.2 Å². The Morgan fingerprint density at radius 2 is 1.00 bits per heavy atom. The molecule has 0 radical (unpaired) electrons. The van der Waals surface area contributed by atoms with Gasteiger partial charge in [0.15, 0.2) is 6.10 Å². The van der Waals surface area contributed by atoms with Crippen molar-refractivity contribution >= 4 is 19.8 Å². The molecule has 0 aliphatic heterocycles. The van der Waals surface area contributed by atoms with Gasteiger partial charge in [-0.25, -0.2) is 4.57 Å². The van der Waals surface area contributed by atoms with Crippen LogP contribution in [0.3, 0.4) is 0 Å². The highest BCUT2D eigenvalue weighted by Gasteiger charge is 2.26. The van der Waals surface area contributed by atoms with Crippen LogP contribution in [0.4, 0.5) is 0 Å². The lowest BCUT2D eigenvalue weighted by Gasteiger charge is -2.20. The van der Waals surface area contributed by atoms with E-state index < -0.39 is 26.5 Å². The van der Waals surface area contributed by atoms with Crippen LogP contribution >= 0.6 is 7.82 Å². The molecule has 0 bridgehead atoms. The summed E-state index contributed by atoms with van der Waals surface area (Å²) in [6.07, 6.45) is 35.3. The van der Waals surface area contributed by atoms with Gasteiger partial charge in [0.2, 0.25) is 0 Å². The number of rotatable bonds is 39. The van der Waals surface area contributed by atoms with Crippen molar-refractivity contribution < 1.29 is 37.6 Å². The summed E-state index contributed by atoms with van der Waals surface area (Å²) in [4.78, 5) is 36.9. The summed E-state index contributed by atoms with van der Waals surface area (Å²) in [5.41, 5.74) is 0. The molecular formula is C41H80NO8P. The Balaban J connectivity index is 4.29. The number of carbonyl (C=O) groups is 2. The first-order chi connectivity index (χ1) is 24.7. The van der Waals surface area contributed by atoms with Crippen molar-refractivity contribution in [3.63, 3.8) is 0 Å². The van der Waals surface area contributed by atoms with E-state index in [1.54, 1.807) is 0 Å². The van der Waals surface area contributed by atoms with Crippen LogP contribution in [0.2, 0.25) is 0 Å². The lowest BCUT2D eigenvalue weighted by atomic mass is 10.0. The smallest absolute Gasteiger partial charge is 0.462 e. The van der Waals surface area contributed by atoms with Crippen molar-refractivity contribution in [2.24, 2.45) is 0 Å². The second-order valence-electron chi connectivity index (χ2n) is 14.5. The Morgan fingerprint density at radius 3 is 1.47 bits per heavy atom. The highest BCUT2D eigenvalue weighted by molar-refractivity contribution is 7.47. The Labute approximate surface area is 314 Å². The minimum atomic E-state index is -4.35. The first kappa shape index (κ1) is 49.8. The molecule has 0 heterocycles. The SMILES string of the molecule is CCCCCC/C=C\CCCCCCCC(=O)OC(COC(=O)CCCCCCCCCCCCCCCCC)COP(=O)(O)OCCN(C)C. The second kappa shape index (κ2) is 37.1. The Kier molecular flexibility index (Phi) is 36.2. The largest absolute Gasteiger partial charge is 0.472 e. The van der Waals surface area contributed by atoms with E-state index in [0.29, 0.717) is 19.4 Å². The van der Waals surface area contributed by atoms with E-state index in [1.165, 1.54) is 109 Å². The molecule has 0 saturated heterocycles. The third-order valence-corrected chi connectivity index (χ3v) is 10.1. The van der Waals surface area contributed by atoms with Crippen LogP contribution in [0.25, 0.3) is 0 Å². The quantitative estimate of drug-likeness (QED) is 0.0284. The normalized spacial score (nSPS) is 13.5. The number of carbonyl (C=O) groups excluding carboxylic acids is 2. The molecule has 0 rings (SSSR count). The average molecular weight is 746 g/mol. The topological polar surface area (TPSA) is 112 Å². The number of phosphoric acid groups is 1. The molecule has 51 heavy (non-hydrogen) atoms. The standard InChI is InChI=1S/C41H80NO8P/c1-5-7-9-11-13-15-17-19-20-22-23-25-27-29-31-33-40(43)47-37-39(38-49-51(45,46)48-36-35-42(3)4)50-41(44)34-32-30-28-26-24-21-18-16-14-12-10-8-6-2/h16,18,39H,5-15,17,19-38H2,1-4H3,(H,45,46)/b18-16-. The molecule has 0 saturated carbocycles. The summed E-state index contributed by atoms with van der Waals surface area (Å²) < 4.78 is 33.4. The fraction of sp³-hybridized carbons (Fsp3) is 0.902. The van der Waals surface area contributed by atoms with E-state index in [9.17, 15) is 19.0 Å². The van der Waals surface area contributed by atoms with E-state index in [2.05, 4.69) is 26.0 Å². The second-order valence-corrected chi connectivity index (χ2v) is 16.0. The van der Waals surface area contributed by atoms with Crippen molar-refractivity contribution in [1.82, 2.24) is 4.90 Å². The van der Waals surface area contributed by atoms with Gasteiger partial charge < -0.3 is 19.3 Å². The number of allylic oxidation sites excluding steroid dienone is 2. The van der Waals surface area contributed by atoms with Gasteiger partial charge >= 0.3 is 19.8 Å². The molecule has 0 aliphatic rings. The zero-order chi connectivity index (χ0) is 37.7. The number of phosphoric ester groups is 1. The summed E-state index contributed by atoms with van der Waals surface area (Å²) in [7, 11) is -0.707. The Hall–Kier alpha value is -1.25. The van der Waals surface area contributed by atoms with Gasteiger partial charge in [0.25, 0.3) is 0 Å². The van der Waals surface area contributed by atoms with Crippen LogP contribution in [0.5, 0.6) is 0 Å². The number of ether oxygens (including phenoxy) is 2. The number of nitrogens with zero attached hydrogens (tertiary/aromatic N) is 1. The van der Waals surface area contributed by atoms with Crippen LogP contribution in [0.15, 0.2) is 12.2 Å². The molecule has 2 atom stereocenters. The molecule has 0 amide bonds. The van der Waals surface area contributed by atoms with Gasteiger partial charge in [-0.2, -0.15) is 0 Å². The number of hydrogen-bond donors (Lipinski definition) is 1. The van der Waals surface area contributed by atoms with E-state index in [-0.39, 0.29) is 25.6 Å². The van der Waals surface area contributed by atoms with Gasteiger partial charge in [-0.3, -0.25) is 18.6 Å². The van der Waals surface area contributed by atoms with E-state index in [0.717, 1.165) is 51.4 Å². The van der Waals surface area contributed by atoms with Crippen LogP contribution < -0.4 is 0 Å². The van der Waals surface area contributed by atoms with Crippen LogP contribution in [-0.2, 0) is 32.7 Å². The van der Waals surface area contributed by atoms with Crippen molar-refractivity contribution in [3.05, 3.63) is 12.2 Å². The minimum Gasteiger partial charge on any atom is -0.462 e. The summed E-state index contributed by atoms with van der Waals surface area (Å²) >= 11 is 0. The summed E-state index contributed by atoms with van der Waals surface area (Å²) in [6, 6.07) is 0. The number of unbranched alkanes of at least 4 members (excludes halogenated alkanes) is 23. The molecule has 9 nitrogen and oxygen atoms in total. The molecule has 0 fully saturated rings. The molecule has 0 aromatic rings. The van der Waals surface area contributed by atoms with E-state index in [4.69, 9.17) is 18.5 Å². The van der Waals surface area contributed by atoms with Gasteiger partial charge in [-0.15, -0.1) is 0 Å². The lowest BCUT2D eigenvalue weighted by molar-refractivity contribution is -0.161. The Morgan fingerprint density at radius 1 is 0.588 bits per heavy atom. The molecule has 0 aliphatic carbocycles. The highest BCUT2D eigenvalue weighted by Crippen LogP contribution is 2.43. The Bertz CT molecular complexity index is 869. The summed E-state index contributed by atoms with van der Waals surface area (Å²) in [5.74, 6) is -0.805. The van der Waals surface area contributed by atoms with Gasteiger partial charge in [0, 0.05) is 19.4 Å². The van der Waals surface area contributed by atoms with Crippen molar-refractivity contribution in [2.75, 3.05) is 40.5 Å². The summed E-state index contributed by atoms with van der Waals surface area (Å²) in [6.45, 7) is 4.31. The first-order valence-corrected chi connectivity index (χ1v) is 22.5. The van der Waals surface area contributed by atoms with Gasteiger partial charge in [0.1, 0.15) is 6.61 Å². The van der Waals surface area contributed by atoms with E-state index in [1.807, 2.05) is 19.0 Å². The lowest BCUT2D eigenvalue weighted by Crippen LogP contribution is -2.29. The molecule has 302 valence electrons.